The number of hydrogen-bond donors (Lipinski definition) is 3. The highest BCUT2D eigenvalue weighted by molar-refractivity contribution is 5.92. The van der Waals surface area contributed by atoms with E-state index in [0.29, 0.717) is 12.8 Å². The molecular formula is C90H121N3O33. The second-order valence-electron chi connectivity index (χ2n) is 30.6. The molecule has 36 nitrogen and oxygen atoms in total. The molecule has 36 heteroatoms. The molecule has 0 aliphatic rings. The maximum atomic E-state index is 13.3. The number of benzene rings is 3. The van der Waals surface area contributed by atoms with Crippen molar-refractivity contribution in [3.63, 3.8) is 0 Å². The zero-order valence-corrected chi connectivity index (χ0v) is 74.4. The van der Waals surface area contributed by atoms with Crippen LogP contribution in [-0.2, 0) is 162 Å². The van der Waals surface area contributed by atoms with Gasteiger partial charge in [-0.2, -0.15) is 0 Å². The summed E-state index contributed by atoms with van der Waals surface area (Å²) in [4.78, 5) is 201. The minimum absolute atomic E-state index is 0.0472. The summed E-state index contributed by atoms with van der Waals surface area (Å²) in [6.45, 7) is 28.5. The molecule has 0 bridgehead atoms. The van der Waals surface area contributed by atoms with E-state index in [2.05, 4.69) is 56.5 Å². The number of hydrogen-bond acceptors (Lipinski definition) is 34. The van der Waals surface area contributed by atoms with E-state index >= 15 is 0 Å². The maximum Gasteiger partial charge on any atom is 0.333 e. The highest BCUT2D eigenvalue weighted by Crippen LogP contribution is 2.30. The molecule has 3 aromatic carbocycles. The summed E-state index contributed by atoms with van der Waals surface area (Å²) in [6, 6.07) is 23.7. The van der Waals surface area contributed by atoms with Gasteiger partial charge in [0.05, 0.1) is 75.4 Å². The quantitative estimate of drug-likeness (QED) is 0.0271. The van der Waals surface area contributed by atoms with Crippen LogP contribution in [0.25, 0.3) is 0 Å². The van der Waals surface area contributed by atoms with Crippen molar-refractivity contribution in [2.75, 3.05) is 130 Å². The molecule has 0 aliphatic heterocycles. The van der Waals surface area contributed by atoms with Gasteiger partial charge in [-0.05, 0) is 128 Å². The van der Waals surface area contributed by atoms with Crippen LogP contribution < -0.4 is 14.7 Å². The third-order valence-electron chi connectivity index (χ3n) is 17.0. The Morgan fingerprint density at radius 1 is 0.310 bits per heavy atom. The van der Waals surface area contributed by atoms with Gasteiger partial charge in [-0.3, -0.25) is 47.9 Å². The Morgan fingerprint density at radius 3 is 0.746 bits per heavy atom. The highest BCUT2D eigenvalue weighted by Gasteiger charge is 2.36. The van der Waals surface area contributed by atoms with Gasteiger partial charge in [-0.15, -0.1) is 0 Å². The van der Waals surface area contributed by atoms with E-state index in [4.69, 9.17) is 81.6 Å². The Bertz CT molecular complexity index is 4250. The third kappa shape index (κ3) is 48.7. The standard InChI is InChI=1S/C50H66N2O16.C30H40O16.C10H15NO/c1-33(2)46(57)63-29-40(67-44(55)22-20-42(53)61-26-24-36-12-16-38(17-13-36)51(8)9)31-65-48(59)35(5)28-50(6,7)49(60)66-32-41(30-64-47(58)34(3)4)68-45(56)23-21-43(54)62-27-25-37-14-18-39(19-15-37)52(10)11;1-17(2)26(37)41-13-20(45-24(35)10-8-22(31)32)15-43-28(39)19(5)12-30(6,7)29(40)44-16-21(14-42-27(38)18(3)4)46-25(36)11-9-23(33)34;1-11(2)10-5-3-9(4-6-10)7-8-12/h12-19,40-41H,1,3,5,20-32H2,2,4,6-11H3;20-21H,1,3,5,8-16H2,2,4,6-7H3,(H,31,32)(H,33,34);3-6,12H,7-8H2,1-2H3. The average molecular weight is 1770 g/mol. The molecular weight excluding hydrogens is 1650 g/mol. The fraction of sp³-hybridized carbons (Fsp3) is 0.489. The predicted octanol–water partition coefficient (Wildman–Crippen LogP) is 8.50. The number of carboxylic acids is 2. The van der Waals surface area contributed by atoms with E-state index < -0.39 is 209 Å². The van der Waals surface area contributed by atoms with Crippen molar-refractivity contribution in [2.45, 2.75) is 163 Å². The van der Waals surface area contributed by atoms with Crippen LogP contribution in [0.2, 0.25) is 0 Å². The minimum atomic E-state index is -1.41. The first kappa shape index (κ1) is 111. The second kappa shape index (κ2) is 58.2. The minimum Gasteiger partial charge on any atom is -0.481 e. The molecule has 4 unspecified atom stereocenters. The Balaban J connectivity index is 0.00000117. The van der Waals surface area contributed by atoms with Crippen molar-refractivity contribution in [1.29, 1.82) is 0 Å². The number of nitrogens with zero attached hydrogens (tertiary/aromatic N) is 3. The lowest BCUT2D eigenvalue weighted by atomic mass is 9.86. The Morgan fingerprint density at radius 2 is 0.524 bits per heavy atom. The van der Waals surface area contributed by atoms with Gasteiger partial charge < -0.3 is 96.3 Å². The molecule has 3 aromatic rings. The number of esters is 14. The number of ether oxygens (including phenoxy) is 14. The SMILES string of the molecule is C=C(C)C(=O)OCC(COC(=O)C(=C)CC(C)(C)C(=O)OCC(COC(=O)C(=C)C)OC(=O)CCC(=O)O)OC(=O)CCC(=O)O.C=C(C)C(=O)OCC(COC(=O)C(=C)CC(C)(C)C(=O)OCC(COC(=O)C(=C)C)OC(=O)CCC(=O)OCCc1ccc(N(C)C)cc1)OC(=O)CCC(=O)OCCc1ccc(N(C)C)cc1.CN(C)c1ccc(CCO)cc1. The first-order valence-electron chi connectivity index (χ1n) is 39.7. The molecule has 0 saturated carbocycles. The number of carbonyl (C=O) groups excluding carboxylic acids is 14. The molecule has 0 heterocycles. The van der Waals surface area contributed by atoms with Crippen molar-refractivity contribution in [1.82, 2.24) is 0 Å². The van der Waals surface area contributed by atoms with Crippen molar-refractivity contribution >= 4 is 113 Å². The molecule has 3 rings (SSSR count). The van der Waals surface area contributed by atoms with E-state index in [1.54, 1.807) is 0 Å². The summed E-state index contributed by atoms with van der Waals surface area (Å²) in [5.74, 6) is -14.2. The zero-order valence-electron chi connectivity index (χ0n) is 74.4. The Hall–Kier alpha value is -13.0. The average Bonchev–Trinajstić information content (AvgIpc) is 0.858. The molecule has 0 radical (unpaired) electrons. The van der Waals surface area contributed by atoms with Crippen molar-refractivity contribution in [2.24, 2.45) is 10.8 Å². The van der Waals surface area contributed by atoms with Crippen molar-refractivity contribution in [3.8, 4) is 0 Å². The number of aliphatic hydroxyl groups excluding tert-OH is 1. The van der Waals surface area contributed by atoms with Crippen LogP contribution in [0.4, 0.5) is 17.1 Å². The van der Waals surface area contributed by atoms with Gasteiger partial charge in [0.15, 0.2) is 24.4 Å². The Kier molecular flexibility index (Phi) is 51.2. The van der Waals surface area contributed by atoms with E-state index in [1.165, 1.54) is 66.6 Å². The molecule has 0 amide bonds. The van der Waals surface area contributed by atoms with E-state index in [-0.39, 0.29) is 91.8 Å². The van der Waals surface area contributed by atoms with Crippen LogP contribution >= 0.6 is 0 Å². The van der Waals surface area contributed by atoms with Gasteiger partial charge in [0.2, 0.25) is 0 Å². The predicted molar refractivity (Wildman–Crippen MR) is 456 cm³/mol. The Labute approximate surface area is 734 Å². The number of aliphatic hydroxyl groups is 1. The van der Waals surface area contributed by atoms with Crippen LogP contribution in [0.1, 0.15) is 136 Å². The van der Waals surface area contributed by atoms with Gasteiger partial charge >= 0.3 is 95.5 Å². The molecule has 694 valence electrons. The topological polar surface area (TPSA) is 473 Å². The third-order valence-corrected chi connectivity index (χ3v) is 17.0. The summed E-state index contributed by atoms with van der Waals surface area (Å²) < 4.78 is 72.6. The molecule has 0 spiro atoms. The fourth-order valence-corrected chi connectivity index (χ4v) is 9.78. The van der Waals surface area contributed by atoms with Crippen molar-refractivity contribution in [3.05, 3.63) is 162 Å². The summed E-state index contributed by atoms with van der Waals surface area (Å²) >= 11 is 0. The van der Waals surface area contributed by atoms with Gasteiger partial charge in [-0.25, -0.2) is 28.8 Å². The van der Waals surface area contributed by atoms with Gasteiger partial charge in [-0.1, -0.05) is 75.9 Å². The van der Waals surface area contributed by atoms with Gasteiger partial charge in [0.1, 0.15) is 52.9 Å². The maximum absolute atomic E-state index is 13.3. The van der Waals surface area contributed by atoms with Crippen molar-refractivity contribution < 1.29 is 158 Å². The fourth-order valence-electron chi connectivity index (χ4n) is 9.78. The molecule has 0 aliphatic carbocycles. The second-order valence-corrected chi connectivity index (χ2v) is 30.6. The number of anilines is 3. The lowest BCUT2D eigenvalue weighted by Crippen LogP contribution is -2.35. The van der Waals surface area contributed by atoms with Gasteiger partial charge in [0, 0.05) is 112 Å². The lowest BCUT2D eigenvalue weighted by molar-refractivity contribution is -0.170. The highest BCUT2D eigenvalue weighted by atomic mass is 16.6. The molecule has 3 N–H and O–H groups in total. The molecule has 4 atom stereocenters. The first-order chi connectivity index (χ1) is 58.9. The van der Waals surface area contributed by atoms with Crippen LogP contribution in [0.15, 0.2) is 146 Å². The largest absolute Gasteiger partial charge is 0.481 e. The molecule has 0 saturated heterocycles. The molecule has 126 heavy (non-hydrogen) atoms. The lowest BCUT2D eigenvalue weighted by Gasteiger charge is -2.25. The first-order valence-corrected chi connectivity index (χ1v) is 39.7. The number of rotatable bonds is 55. The zero-order chi connectivity index (χ0) is 95.6. The van der Waals surface area contributed by atoms with Crippen LogP contribution in [0.3, 0.4) is 0 Å². The monoisotopic (exact) mass is 1770 g/mol. The summed E-state index contributed by atoms with van der Waals surface area (Å²) in [6.07, 6.45) is -7.41. The van der Waals surface area contributed by atoms with E-state index in [1.807, 2.05) is 113 Å². The molecule has 0 aromatic heterocycles. The summed E-state index contributed by atoms with van der Waals surface area (Å²) in [5.41, 5.74) is 3.38. The number of carboxylic acid groups (broad SMARTS) is 2. The summed E-state index contributed by atoms with van der Waals surface area (Å²) in [7, 11) is 11.7. The van der Waals surface area contributed by atoms with E-state index in [0.717, 1.165) is 28.9 Å². The van der Waals surface area contributed by atoms with E-state index in [9.17, 15) is 76.7 Å². The normalized spacial score (nSPS) is 11.6. The summed E-state index contributed by atoms with van der Waals surface area (Å²) in [5, 5.41) is 26.2. The van der Waals surface area contributed by atoms with Crippen LogP contribution in [0, 0.1) is 10.8 Å². The van der Waals surface area contributed by atoms with Gasteiger partial charge in [0.25, 0.3) is 0 Å². The molecule has 0 fully saturated rings. The number of carbonyl (C=O) groups is 16. The number of aliphatic carboxylic acids is 2. The van der Waals surface area contributed by atoms with Crippen LogP contribution in [0.5, 0.6) is 0 Å². The smallest absolute Gasteiger partial charge is 0.333 e. The van der Waals surface area contributed by atoms with Crippen LogP contribution in [-0.4, -0.2) is 250 Å².